The molecule has 1 unspecified atom stereocenters. The number of hydrogen-bond donors (Lipinski definition) is 0. The first-order chi connectivity index (χ1) is 10.6. The summed E-state index contributed by atoms with van der Waals surface area (Å²) in [5.41, 5.74) is 1.55. The van der Waals surface area contributed by atoms with Crippen LogP contribution in [0.25, 0.3) is 0 Å². The number of piperidine rings is 1. The number of rotatable bonds is 2. The number of amides is 1. The van der Waals surface area contributed by atoms with E-state index >= 15 is 0 Å². The van der Waals surface area contributed by atoms with Gasteiger partial charge in [-0.2, -0.15) is 0 Å². The Kier molecular flexibility index (Phi) is 4.29. The minimum Gasteiger partial charge on any atom is -0.335 e. The van der Waals surface area contributed by atoms with E-state index in [1.54, 1.807) is 13.4 Å². The fourth-order valence-electron chi connectivity index (χ4n) is 3.57. The van der Waals surface area contributed by atoms with Crippen LogP contribution in [0.1, 0.15) is 37.4 Å². The van der Waals surface area contributed by atoms with Gasteiger partial charge in [0.15, 0.2) is 0 Å². The second kappa shape index (κ2) is 6.20. The number of hydrogen-bond acceptors (Lipinski definition) is 4. The summed E-state index contributed by atoms with van der Waals surface area (Å²) in [5, 5.41) is 0. The molecule has 3 heterocycles. The number of aryl methyl sites for hydroxylation is 1. The Morgan fingerprint density at radius 1 is 1.36 bits per heavy atom. The zero-order valence-corrected chi connectivity index (χ0v) is 13.4. The lowest BCUT2D eigenvalue weighted by Crippen LogP contribution is -2.52. The zero-order chi connectivity index (χ0) is 15.7. The molecule has 120 valence electrons. The van der Waals surface area contributed by atoms with Crippen molar-refractivity contribution >= 4 is 5.91 Å². The highest BCUT2D eigenvalue weighted by Gasteiger charge is 2.33. The van der Waals surface area contributed by atoms with Crippen molar-refractivity contribution in [3.8, 4) is 0 Å². The number of fused-ring (bicyclic) bond motifs is 1. The molecule has 0 aromatic carbocycles. The van der Waals surface area contributed by atoms with Crippen molar-refractivity contribution < 1.29 is 4.79 Å². The van der Waals surface area contributed by atoms with Crippen molar-refractivity contribution in [2.24, 2.45) is 7.05 Å². The van der Waals surface area contributed by atoms with Gasteiger partial charge in [-0.15, -0.1) is 0 Å². The summed E-state index contributed by atoms with van der Waals surface area (Å²) in [4.78, 5) is 33.5. The van der Waals surface area contributed by atoms with Gasteiger partial charge in [0, 0.05) is 19.2 Å². The minimum atomic E-state index is 0.00634. The molecular formula is C16H24N4O2. The molecule has 6 nitrogen and oxygen atoms in total. The van der Waals surface area contributed by atoms with E-state index in [1.165, 1.54) is 11.0 Å². The molecule has 2 aliphatic heterocycles. The summed E-state index contributed by atoms with van der Waals surface area (Å²) in [7, 11) is 1.72. The second-order valence-corrected chi connectivity index (χ2v) is 6.24. The lowest BCUT2D eigenvalue weighted by atomic mass is 9.99. The van der Waals surface area contributed by atoms with Crippen molar-refractivity contribution in [3.63, 3.8) is 0 Å². The fraction of sp³-hybridized carbons (Fsp3) is 0.688. The second-order valence-electron chi connectivity index (χ2n) is 6.24. The molecule has 0 radical (unpaired) electrons. The first-order valence-corrected chi connectivity index (χ1v) is 8.18. The lowest BCUT2D eigenvalue weighted by Gasteiger charge is -2.38. The lowest BCUT2D eigenvalue weighted by molar-refractivity contribution is -0.139. The van der Waals surface area contributed by atoms with Crippen LogP contribution in [0.15, 0.2) is 11.1 Å². The zero-order valence-electron chi connectivity index (χ0n) is 13.4. The van der Waals surface area contributed by atoms with Crippen molar-refractivity contribution in [2.75, 3.05) is 19.6 Å². The van der Waals surface area contributed by atoms with E-state index < -0.39 is 0 Å². The Hall–Kier alpha value is -1.69. The molecule has 0 saturated carbocycles. The van der Waals surface area contributed by atoms with Gasteiger partial charge in [0.2, 0.25) is 5.91 Å². The molecule has 0 bridgehead atoms. The van der Waals surface area contributed by atoms with Crippen LogP contribution in [0.2, 0.25) is 0 Å². The van der Waals surface area contributed by atoms with Crippen LogP contribution in [0.3, 0.4) is 0 Å². The largest absolute Gasteiger partial charge is 0.335 e. The third-order valence-electron chi connectivity index (χ3n) is 4.90. The molecule has 0 aliphatic carbocycles. The van der Waals surface area contributed by atoms with Crippen LogP contribution in [0, 0.1) is 0 Å². The van der Waals surface area contributed by atoms with E-state index in [0.717, 1.165) is 37.2 Å². The van der Waals surface area contributed by atoms with Crippen LogP contribution >= 0.6 is 0 Å². The summed E-state index contributed by atoms with van der Waals surface area (Å²) >= 11 is 0. The molecule has 1 aromatic rings. The average molecular weight is 304 g/mol. The molecule has 3 rings (SSSR count). The van der Waals surface area contributed by atoms with Crippen LogP contribution in [-0.4, -0.2) is 50.9 Å². The minimum absolute atomic E-state index is 0.00634. The molecule has 6 heteroatoms. The van der Waals surface area contributed by atoms with E-state index in [0.29, 0.717) is 19.5 Å². The highest BCUT2D eigenvalue weighted by atomic mass is 16.2. The van der Waals surface area contributed by atoms with E-state index in [1.807, 2.05) is 4.90 Å². The van der Waals surface area contributed by atoms with Crippen LogP contribution < -0.4 is 5.56 Å². The van der Waals surface area contributed by atoms with Gasteiger partial charge in [0.05, 0.1) is 24.6 Å². The summed E-state index contributed by atoms with van der Waals surface area (Å²) in [5.74, 6) is 0.203. The van der Waals surface area contributed by atoms with Crippen molar-refractivity contribution in [1.82, 2.24) is 19.4 Å². The maximum Gasteiger partial charge on any atom is 0.256 e. The number of carbonyl (C=O) groups is 1. The van der Waals surface area contributed by atoms with Gasteiger partial charge >= 0.3 is 0 Å². The summed E-state index contributed by atoms with van der Waals surface area (Å²) in [6, 6.07) is 0.00634. The Balaban J connectivity index is 1.78. The highest BCUT2D eigenvalue weighted by Crippen LogP contribution is 2.21. The van der Waals surface area contributed by atoms with Gasteiger partial charge in [0.1, 0.15) is 0 Å². The molecule has 0 spiro atoms. The van der Waals surface area contributed by atoms with E-state index in [-0.39, 0.29) is 17.5 Å². The smallest absolute Gasteiger partial charge is 0.256 e. The quantitative estimate of drug-likeness (QED) is 0.800. The average Bonchev–Trinajstić information content (AvgIpc) is 2.57. The predicted octanol–water partition coefficient (Wildman–Crippen LogP) is 0.539. The van der Waals surface area contributed by atoms with E-state index in [9.17, 15) is 9.59 Å². The van der Waals surface area contributed by atoms with Gasteiger partial charge in [-0.25, -0.2) is 4.98 Å². The molecule has 1 atom stereocenters. The number of aromatic nitrogens is 2. The molecule has 1 aromatic heterocycles. The first-order valence-electron chi connectivity index (χ1n) is 8.18. The molecule has 1 saturated heterocycles. The van der Waals surface area contributed by atoms with Crippen molar-refractivity contribution in [1.29, 1.82) is 0 Å². The Morgan fingerprint density at radius 3 is 2.95 bits per heavy atom. The molecule has 0 N–H and O–H groups in total. The highest BCUT2D eigenvalue weighted by molar-refractivity contribution is 5.82. The van der Waals surface area contributed by atoms with Crippen molar-refractivity contribution in [3.05, 3.63) is 27.9 Å². The van der Waals surface area contributed by atoms with Gasteiger partial charge in [-0.3, -0.25) is 14.5 Å². The number of likely N-dealkylation sites (tertiary alicyclic amines) is 1. The van der Waals surface area contributed by atoms with E-state index in [2.05, 4.69) is 16.8 Å². The normalized spacial score (nSPS) is 22.5. The number of nitrogens with zero attached hydrogens (tertiary/aromatic N) is 4. The number of carbonyl (C=O) groups excluding carboxylic acids is 1. The predicted molar refractivity (Wildman–Crippen MR) is 83.5 cm³/mol. The Labute approximate surface area is 130 Å². The van der Waals surface area contributed by atoms with Crippen LogP contribution in [0.5, 0.6) is 0 Å². The van der Waals surface area contributed by atoms with Crippen LogP contribution in [0.4, 0.5) is 0 Å². The fourth-order valence-corrected chi connectivity index (χ4v) is 3.57. The maximum atomic E-state index is 12.9. The third kappa shape index (κ3) is 2.67. The van der Waals surface area contributed by atoms with Gasteiger partial charge in [0.25, 0.3) is 5.56 Å². The summed E-state index contributed by atoms with van der Waals surface area (Å²) in [6.45, 7) is 5.14. The number of likely N-dealkylation sites (N-methyl/N-ethyl adjacent to an activating group) is 1. The molecule has 1 fully saturated rings. The Morgan fingerprint density at radius 2 is 2.18 bits per heavy atom. The molecule has 22 heavy (non-hydrogen) atoms. The molecular weight excluding hydrogens is 280 g/mol. The molecule has 2 aliphatic rings. The van der Waals surface area contributed by atoms with Crippen molar-refractivity contribution in [2.45, 2.75) is 45.2 Å². The van der Waals surface area contributed by atoms with Gasteiger partial charge in [-0.05, 0) is 32.4 Å². The Bertz CT molecular complexity index is 625. The van der Waals surface area contributed by atoms with Crippen LogP contribution in [-0.2, 0) is 24.8 Å². The monoisotopic (exact) mass is 304 g/mol. The third-order valence-corrected chi connectivity index (χ3v) is 4.90. The first kappa shape index (κ1) is 15.2. The SMILES string of the molecule is CCN1CCCCC1C(=O)N1CCc2c(ncn(C)c2=O)C1. The summed E-state index contributed by atoms with van der Waals surface area (Å²) in [6.07, 6.45) is 5.41. The summed E-state index contributed by atoms with van der Waals surface area (Å²) < 4.78 is 1.51. The van der Waals surface area contributed by atoms with Gasteiger partial charge < -0.3 is 9.47 Å². The van der Waals surface area contributed by atoms with Gasteiger partial charge in [-0.1, -0.05) is 13.3 Å². The maximum absolute atomic E-state index is 12.9. The van der Waals surface area contributed by atoms with E-state index in [4.69, 9.17) is 0 Å². The standard InChI is InChI=1S/C16H24N4O2/c1-3-19-8-5-4-6-14(19)16(22)20-9-7-12-13(10-20)17-11-18(2)15(12)21/h11,14H,3-10H2,1-2H3. The molecule has 1 amide bonds. The topological polar surface area (TPSA) is 58.4 Å².